The molecule has 2 radical (unpaired) electrons. The molecule has 0 unspecified atom stereocenters. The van der Waals surface area contributed by atoms with Crippen molar-refractivity contribution >= 4 is 55.8 Å². The lowest BCUT2D eigenvalue weighted by Gasteiger charge is -2.40. The van der Waals surface area contributed by atoms with Crippen LogP contribution < -0.4 is 16.4 Å². The van der Waals surface area contributed by atoms with Crippen LogP contribution in [0, 0.1) is 0 Å². The van der Waals surface area contributed by atoms with Gasteiger partial charge in [0.1, 0.15) is 5.52 Å². The Morgan fingerprint density at radius 1 is 1.45 bits per heavy atom. The molecule has 3 rings (SSSR count). The van der Waals surface area contributed by atoms with E-state index in [1.54, 1.807) is 10.4 Å². The van der Waals surface area contributed by atoms with Gasteiger partial charge in [-0.25, -0.2) is 14.8 Å². The van der Waals surface area contributed by atoms with Crippen molar-refractivity contribution in [2.24, 2.45) is 5.73 Å². The minimum atomic E-state index is -0.405. The largest absolute Gasteiger partial charge is 0.368 e. The summed E-state index contributed by atoms with van der Waals surface area (Å²) in [5.74, 6) is 0.934. The van der Waals surface area contributed by atoms with Crippen LogP contribution >= 0.6 is 11.3 Å². The number of primary amides is 1. The number of carbonyl (C=O) groups is 1. The summed E-state index contributed by atoms with van der Waals surface area (Å²) in [7, 11) is 0. The van der Waals surface area contributed by atoms with Gasteiger partial charge in [-0.05, 0) is 4.90 Å². The number of urea groups is 1. The summed E-state index contributed by atoms with van der Waals surface area (Å²) >= 11 is 4.13. The summed E-state index contributed by atoms with van der Waals surface area (Å²) in [6, 6.07) is -0.405. The van der Waals surface area contributed by atoms with Crippen molar-refractivity contribution in [3.8, 4) is 0 Å². The van der Waals surface area contributed by atoms with Crippen LogP contribution in [0.2, 0.25) is 0 Å². The minimum absolute atomic E-state index is 0.00968. The Morgan fingerprint density at radius 3 is 2.95 bits per heavy atom. The maximum Gasteiger partial charge on any atom is 0.314 e. The normalized spacial score (nSPS) is 19.5. The lowest BCUT2D eigenvalue weighted by molar-refractivity contribution is 0.201. The summed E-state index contributed by atoms with van der Waals surface area (Å²) in [6.07, 6.45) is 0. The average molecular weight is 305 g/mol. The van der Waals surface area contributed by atoms with Gasteiger partial charge in [0, 0.05) is 19.6 Å². The molecule has 4 N–H and O–H groups in total. The number of piperazine rings is 1. The molecule has 20 heavy (non-hydrogen) atoms. The first-order valence-electron chi connectivity index (χ1n) is 5.99. The number of hydrogen-bond donors (Lipinski definition) is 2. The van der Waals surface area contributed by atoms with Crippen molar-refractivity contribution in [2.75, 3.05) is 30.3 Å². The molecule has 102 valence electrons. The third kappa shape index (κ3) is 2.26. The third-order valence-corrected chi connectivity index (χ3v) is 4.49. The van der Waals surface area contributed by atoms with Crippen molar-refractivity contribution in [3.05, 3.63) is 5.51 Å². The number of aromatic nitrogens is 3. The Hall–Kier alpha value is -1.63. The molecular formula is C10H12AlN7OS. The van der Waals surface area contributed by atoms with Crippen molar-refractivity contribution in [2.45, 2.75) is 4.90 Å². The molecule has 1 aliphatic rings. The first-order valence-corrected chi connectivity index (χ1v) is 7.54. The first-order chi connectivity index (χ1) is 9.56. The fourth-order valence-electron chi connectivity index (χ4n) is 2.24. The monoisotopic (exact) mass is 305 g/mol. The van der Waals surface area contributed by atoms with E-state index in [1.165, 1.54) is 11.3 Å². The van der Waals surface area contributed by atoms with E-state index in [1.807, 2.05) is 0 Å². The second-order valence-corrected chi connectivity index (χ2v) is 6.06. The molecular weight excluding hydrogens is 293 g/mol. The van der Waals surface area contributed by atoms with Gasteiger partial charge in [-0.2, -0.15) is 4.98 Å². The van der Waals surface area contributed by atoms with Crippen LogP contribution in [0.3, 0.4) is 0 Å². The van der Waals surface area contributed by atoms with Gasteiger partial charge in [0.05, 0.1) is 5.51 Å². The van der Waals surface area contributed by atoms with E-state index < -0.39 is 6.03 Å². The van der Waals surface area contributed by atoms with E-state index >= 15 is 0 Å². The van der Waals surface area contributed by atoms with Crippen LogP contribution in [0.1, 0.15) is 0 Å². The second kappa shape index (κ2) is 5.05. The molecule has 2 amide bonds. The van der Waals surface area contributed by atoms with Crippen LogP contribution in [0.5, 0.6) is 0 Å². The topological polar surface area (TPSA) is 114 Å². The number of nitrogens with two attached hydrogens (primary N) is 2. The highest BCUT2D eigenvalue weighted by Gasteiger charge is 2.27. The van der Waals surface area contributed by atoms with Crippen molar-refractivity contribution in [1.29, 1.82) is 0 Å². The SMILES string of the molecule is NC(=O)N1CCN(c2nc(N)nc3scnc23)[C@@H]([Al])C1. The number of carbonyl (C=O) groups excluding carboxylic acids is 1. The quantitative estimate of drug-likeness (QED) is 0.678. The van der Waals surface area contributed by atoms with Gasteiger partial charge < -0.3 is 21.3 Å². The highest BCUT2D eigenvalue weighted by Crippen LogP contribution is 2.28. The number of thiazole rings is 1. The Labute approximate surface area is 127 Å². The number of amides is 2. The maximum atomic E-state index is 11.2. The third-order valence-electron chi connectivity index (χ3n) is 3.20. The minimum Gasteiger partial charge on any atom is -0.368 e. The standard InChI is InChI=1S/C10H12N7OS.Al/c11-9-14-7(6-8(15-9)19-5-13-6)16-1-3-17(4-2-16)10(12)18;/h1,5H,2-4H2,(H2,12,18)(H2,11,14,15);. The molecule has 2 aromatic heterocycles. The summed E-state index contributed by atoms with van der Waals surface area (Å²) in [5, 5.41) is 0. The lowest BCUT2D eigenvalue weighted by Crippen LogP contribution is -2.56. The predicted octanol–water partition coefficient (Wildman–Crippen LogP) is -0.636. The Balaban J connectivity index is 1.95. The first kappa shape index (κ1) is 13.4. The van der Waals surface area contributed by atoms with Crippen LogP contribution in [-0.2, 0) is 0 Å². The van der Waals surface area contributed by atoms with E-state index in [4.69, 9.17) is 11.5 Å². The van der Waals surface area contributed by atoms with Crippen LogP contribution in [0.15, 0.2) is 5.51 Å². The molecule has 3 heterocycles. The van der Waals surface area contributed by atoms with Gasteiger partial charge >= 0.3 is 6.03 Å². The average Bonchev–Trinajstić information content (AvgIpc) is 2.85. The van der Waals surface area contributed by atoms with Gasteiger partial charge in [-0.15, -0.1) is 11.3 Å². The molecule has 1 saturated heterocycles. The van der Waals surface area contributed by atoms with Crippen molar-refractivity contribution in [1.82, 2.24) is 19.9 Å². The smallest absolute Gasteiger partial charge is 0.314 e. The van der Waals surface area contributed by atoms with Gasteiger partial charge in [0.15, 0.2) is 26.9 Å². The zero-order valence-electron chi connectivity index (χ0n) is 10.6. The van der Waals surface area contributed by atoms with E-state index in [0.717, 1.165) is 10.3 Å². The van der Waals surface area contributed by atoms with Gasteiger partial charge in [0.2, 0.25) is 5.95 Å². The Kier molecular flexibility index (Phi) is 3.37. The summed E-state index contributed by atoms with van der Waals surface area (Å²) in [6.45, 7) is 1.70. The Bertz CT molecular complexity index is 662. The van der Waals surface area contributed by atoms with Gasteiger partial charge in [-0.1, -0.05) is 0 Å². The molecule has 2 aromatic rings. The maximum absolute atomic E-state index is 11.2. The van der Waals surface area contributed by atoms with Gasteiger partial charge in [-0.3, -0.25) is 0 Å². The van der Waals surface area contributed by atoms with Crippen molar-refractivity contribution < 1.29 is 4.79 Å². The molecule has 0 spiro atoms. The molecule has 0 aliphatic carbocycles. The van der Waals surface area contributed by atoms with E-state index in [9.17, 15) is 4.79 Å². The fraction of sp³-hybridized carbons (Fsp3) is 0.400. The van der Waals surface area contributed by atoms with Crippen molar-refractivity contribution in [3.63, 3.8) is 0 Å². The lowest BCUT2D eigenvalue weighted by atomic mass is 10.3. The number of nitrogen functional groups attached to an aromatic ring is 1. The zero-order valence-corrected chi connectivity index (χ0v) is 12.5. The van der Waals surface area contributed by atoms with Gasteiger partial charge in [0.25, 0.3) is 0 Å². The number of rotatable bonds is 1. The molecule has 0 aromatic carbocycles. The molecule has 10 heteroatoms. The number of fused-ring (bicyclic) bond motifs is 1. The summed E-state index contributed by atoms with van der Waals surface area (Å²) in [5.41, 5.74) is 13.5. The molecule has 1 atom stereocenters. The zero-order chi connectivity index (χ0) is 14.3. The number of hydrogen-bond acceptors (Lipinski definition) is 7. The predicted molar refractivity (Wildman–Crippen MR) is 77.7 cm³/mol. The van der Waals surface area contributed by atoms with Crippen LogP contribution in [-0.4, -0.2) is 66.7 Å². The fourth-order valence-corrected chi connectivity index (χ4v) is 3.44. The number of anilines is 2. The Morgan fingerprint density at radius 2 is 2.25 bits per heavy atom. The molecule has 8 nitrogen and oxygen atoms in total. The van der Waals surface area contributed by atoms with E-state index in [-0.39, 0.29) is 10.9 Å². The highest BCUT2D eigenvalue weighted by molar-refractivity contribution is 7.16. The summed E-state index contributed by atoms with van der Waals surface area (Å²) < 4.78 is 0. The van der Waals surface area contributed by atoms with Crippen LogP contribution in [0.4, 0.5) is 16.6 Å². The molecule has 0 bridgehead atoms. The molecule has 0 saturated carbocycles. The summed E-state index contributed by atoms with van der Waals surface area (Å²) in [4.78, 5) is 28.5. The second-order valence-electron chi connectivity index (χ2n) is 4.46. The highest BCUT2D eigenvalue weighted by atomic mass is 32.1. The molecule has 1 fully saturated rings. The van der Waals surface area contributed by atoms with Crippen LogP contribution in [0.25, 0.3) is 10.3 Å². The van der Waals surface area contributed by atoms with E-state index in [0.29, 0.717) is 25.5 Å². The number of nitrogens with zero attached hydrogens (tertiary/aromatic N) is 5. The molecule has 1 aliphatic heterocycles. The van der Waals surface area contributed by atoms with E-state index in [2.05, 4.69) is 36.1 Å².